The summed E-state index contributed by atoms with van der Waals surface area (Å²) >= 11 is 12.7. The van der Waals surface area contributed by atoms with E-state index in [-0.39, 0.29) is 30.4 Å². The van der Waals surface area contributed by atoms with Crippen LogP contribution in [-0.2, 0) is 11.3 Å². The number of hydrogen-bond donors (Lipinski definition) is 1. The van der Waals surface area contributed by atoms with Gasteiger partial charge in [-0.15, -0.1) is 0 Å². The van der Waals surface area contributed by atoms with Crippen molar-refractivity contribution in [3.8, 4) is 11.1 Å². The zero-order valence-electron chi connectivity index (χ0n) is 27.1. The van der Waals surface area contributed by atoms with Crippen molar-refractivity contribution in [2.24, 2.45) is 0 Å². The Morgan fingerprint density at radius 3 is 2.13 bits per heavy atom. The number of hydrogen-bond acceptors (Lipinski definition) is 4. The number of carbonyl (C=O) groups is 2. The Morgan fingerprint density at radius 1 is 0.766 bits per heavy atom. The standard InChI is InChI=1S/C39H42Cl2N4O2/c1-27-20-28(2)22-33(21-27)39(47)44-18-19-45(37(26-44)32-12-13-35(40)36(41)23-32)38(46)24-42-34-14-16-43(17-15-34)25-29-8-10-31(11-9-29)30-6-4-3-5-7-30/h3-13,20-23,34,37,42H,14-19,24-26H2,1-2H3. The molecule has 8 heteroatoms. The van der Waals surface area contributed by atoms with Gasteiger partial charge in [0.1, 0.15) is 0 Å². The fraction of sp³-hybridized carbons (Fsp3) is 0.333. The van der Waals surface area contributed by atoms with Gasteiger partial charge in [0.25, 0.3) is 5.91 Å². The summed E-state index contributed by atoms with van der Waals surface area (Å²) in [6, 6.07) is 30.7. The molecule has 0 aliphatic carbocycles. The molecule has 2 saturated heterocycles. The van der Waals surface area contributed by atoms with Crippen LogP contribution in [0.2, 0.25) is 10.0 Å². The highest BCUT2D eigenvalue weighted by Crippen LogP contribution is 2.32. The summed E-state index contributed by atoms with van der Waals surface area (Å²) in [5, 5.41) is 4.45. The number of benzene rings is 4. The summed E-state index contributed by atoms with van der Waals surface area (Å²) in [5.74, 6) is 0.00601. The second kappa shape index (κ2) is 15.0. The molecule has 6 nitrogen and oxygen atoms in total. The molecule has 4 aromatic carbocycles. The molecule has 2 amide bonds. The summed E-state index contributed by atoms with van der Waals surface area (Å²) in [6.45, 7) is 8.46. The lowest BCUT2D eigenvalue weighted by Crippen LogP contribution is -2.54. The smallest absolute Gasteiger partial charge is 0.254 e. The minimum Gasteiger partial charge on any atom is -0.334 e. The van der Waals surface area contributed by atoms with E-state index in [0.717, 1.165) is 49.2 Å². The van der Waals surface area contributed by atoms with Crippen LogP contribution in [0.4, 0.5) is 0 Å². The highest BCUT2D eigenvalue weighted by molar-refractivity contribution is 6.42. The first kappa shape index (κ1) is 33.2. The number of amides is 2. The van der Waals surface area contributed by atoms with Crippen LogP contribution in [0.1, 0.15) is 51.5 Å². The van der Waals surface area contributed by atoms with Gasteiger partial charge in [-0.25, -0.2) is 0 Å². The fourth-order valence-electron chi connectivity index (χ4n) is 6.87. The minimum absolute atomic E-state index is 0.0222. The molecular formula is C39H42Cl2N4O2. The number of nitrogens with zero attached hydrogens (tertiary/aromatic N) is 3. The number of piperidine rings is 1. The van der Waals surface area contributed by atoms with Crippen molar-refractivity contribution in [3.63, 3.8) is 0 Å². The number of likely N-dealkylation sites (tertiary alicyclic amines) is 1. The van der Waals surface area contributed by atoms with E-state index in [1.807, 2.05) is 54.0 Å². The topological polar surface area (TPSA) is 55.9 Å². The first-order valence-electron chi connectivity index (χ1n) is 16.5. The van der Waals surface area contributed by atoms with Crippen molar-refractivity contribution in [3.05, 3.63) is 129 Å². The van der Waals surface area contributed by atoms with Crippen molar-refractivity contribution in [2.75, 3.05) is 39.3 Å². The van der Waals surface area contributed by atoms with Crippen LogP contribution >= 0.6 is 23.2 Å². The van der Waals surface area contributed by atoms with Crippen LogP contribution in [0.5, 0.6) is 0 Å². The molecule has 2 aliphatic rings. The van der Waals surface area contributed by atoms with Gasteiger partial charge in [-0.3, -0.25) is 14.5 Å². The third-order valence-electron chi connectivity index (χ3n) is 9.38. The fourth-order valence-corrected chi connectivity index (χ4v) is 7.18. The number of nitrogens with one attached hydrogen (secondary N) is 1. The normalized spacial score (nSPS) is 17.6. The number of piperazine rings is 1. The van der Waals surface area contributed by atoms with Crippen molar-refractivity contribution >= 4 is 35.0 Å². The summed E-state index contributed by atoms with van der Waals surface area (Å²) in [7, 11) is 0. The summed E-state index contributed by atoms with van der Waals surface area (Å²) < 4.78 is 0. The number of aryl methyl sites for hydroxylation is 2. The lowest BCUT2D eigenvalue weighted by molar-refractivity contribution is -0.135. The van der Waals surface area contributed by atoms with Crippen LogP contribution in [0, 0.1) is 13.8 Å². The molecule has 2 fully saturated rings. The van der Waals surface area contributed by atoms with Crippen LogP contribution in [0.25, 0.3) is 11.1 Å². The molecule has 47 heavy (non-hydrogen) atoms. The van der Waals surface area contributed by atoms with E-state index in [1.54, 1.807) is 6.07 Å². The van der Waals surface area contributed by atoms with Crippen LogP contribution in [0.3, 0.4) is 0 Å². The molecule has 2 aliphatic heterocycles. The van der Waals surface area contributed by atoms with E-state index in [4.69, 9.17) is 23.2 Å². The molecule has 0 saturated carbocycles. The van der Waals surface area contributed by atoms with E-state index in [1.165, 1.54) is 16.7 Å². The highest BCUT2D eigenvalue weighted by Gasteiger charge is 2.34. The number of rotatable bonds is 8. The molecule has 244 valence electrons. The van der Waals surface area contributed by atoms with Gasteiger partial charge < -0.3 is 15.1 Å². The third kappa shape index (κ3) is 8.25. The van der Waals surface area contributed by atoms with Gasteiger partial charge in [-0.05, 0) is 86.3 Å². The second-order valence-electron chi connectivity index (χ2n) is 12.9. The van der Waals surface area contributed by atoms with Gasteiger partial charge in [0.05, 0.1) is 22.6 Å². The van der Waals surface area contributed by atoms with Gasteiger partial charge in [0.15, 0.2) is 0 Å². The van der Waals surface area contributed by atoms with Crippen molar-refractivity contribution in [1.82, 2.24) is 20.0 Å². The quantitative estimate of drug-likeness (QED) is 0.211. The van der Waals surface area contributed by atoms with Crippen molar-refractivity contribution < 1.29 is 9.59 Å². The molecule has 2 heterocycles. The lowest BCUT2D eigenvalue weighted by Gasteiger charge is -2.42. The first-order valence-corrected chi connectivity index (χ1v) is 17.2. The molecule has 6 rings (SSSR count). The predicted octanol–water partition coefficient (Wildman–Crippen LogP) is 7.56. The Hall–Kier alpha value is -3.68. The lowest BCUT2D eigenvalue weighted by atomic mass is 10.00. The molecule has 1 N–H and O–H groups in total. The second-order valence-corrected chi connectivity index (χ2v) is 13.7. The van der Waals surface area contributed by atoms with Gasteiger partial charge >= 0.3 is 0 Å². The Balaban J connectivity index is 1.04. The Labute approximate surface area is 288 Å². The summed E-state index contributed by atoms with van der Waals surface area (Å²) in [5.41, 5.74) is 7.43. The predicted molar refractivity (Wildman–Crippen MR) is 191 cm³/mol. The van der Waals surface area contributed by atoms with Crippen LogP contribution < -0.4 is 5.32 Å². The average Bonchev–Trinajstić information content (AvgIpc) is 3.09. The molecule has 0 bridgehead atoms. The largest absolute Gasteiger partial charge is 0.334 e. The zero-order valence-corrected chi connectivity index (χ0v) is 28.6. The van der Waals surface area contributed by atoms with Crippen molar-refractivity contribution in [2.45, 2.75) is 45.3 Å². The van der Waals surface area contributed by atoms with Gasteiger partial charge in [0, 0.05) is 37.8 Å². The summed E-state index contributed by atoms with van der Waals surface area (Å²) in [4.78, 5) is 33.6. The molecule has 1 atom stereocenters. The van der Waals surface area contributed by atoms with Gasteiger partial charge in [-0.1, -0.05) is 101 Å². The average molecular weight is 670 g/mol. The number of carbonyl (C=O) groups excluding carboxylic acids is 2. The molecule has 0 spiro atoms. The van der Waals surface area contributed by atoms with E-state index < -0.39 is 0 Å². The molecule has 1 unspecified atom stereocenters. The van der Waals surface area contributed by atoms with E-state index in [0.29, 0.717) is 35.2 Å². The Morgan fingerprint density at radius 2 is 1.45 bits per heavy atom. The maximum absolute atomic E-state index is 13.7. The maximum Gasteiger partial charge on any atom is 0.254 e. The molecular weight excluding hydrogens is 627 g/mol. The first-order chi connectivity index (χ1) is 22.7. The molecule has 0 aromatic heterocycles. The van der Waals surface area contributed by atoms with E-state index >= 15 is 0 Å². The van der Waals surface area contributed by atoms with Gasteiger partial charge in [0.2, 0.25) is 5.91 Å². The Bertz CT molecular complexity index is 1680. The third-order valence-corrected chi connectivity index (χ3v) is 10.1. The Kier molecular flexibility index (Phi) is 10.6. The van der Waals surface area contributed by atoms with E-state index in [9.17, 15) is 9.59 Å². The molecule has 4 aromatic rings. The van der Waals surface area contributed by atoms with Gasteiger partial charge in [-0.2, -0.15) is 0 Å². The minimum atomic E-state index is -0.321. The maximum atomic E-state index is 13.7. The van der Waals surface area contributed by atoms with Crippen LogP contribution in [0.15, 0.2) is 91.0 Å². The van der Waals surface area contributed by atoms with E-state index in [2.05, 4.69) is 64.8 Å². The van der Waals surface area contributed by atoms with Crippen molar-refractivity contribution in [1.29, 1.82) is 0 Å². The SMILES string of the molecule is Cc1cc(C)cc(C(=O)N2CCN(C(=O)CNC3CCN(Cc4ccc(-c5ccccc5)cc4)CC3)C(c3ccc(Cl)c(Cl)c3)C2)c1. The monoisotopic (exact) mass is 668 g/mol. The number of halogens is 2. The zero-order chi connectivity index (χ0) is 32.9. The summed E-state index contributed by atoms with van der Waals surface area (Å²) in [6.07, 6.45) is 1.98. The molecule has 0 radical (unpaired) electrons. The highest BCUT2D eigenvalue weighted by atomic mass is 35.5. The van der Waals surface area contributed by atoms with Crippen LogP contribution in [-0.4, -0.2) is 71.8 Å².